The van der Waals surface area contributed by atoms with Crippen LogP contribution >= 0.6 is 22.9 Å². The van der Waals surface area contributed by atoms with Crippen LogP contribution in [0.4, 0.5) is 0 Å². The molecule has 1 fully saturated rings. The van der Waals surface area contributed by atoms with Crippen molar-refractivity contribution in [3.63, 3.8) is 0 Å². The number of thiophene rings is 1. The van der Waals surface area contributed by atoms with Gasteiger partial charge in [0.2, 0.25) is 11.8 Å². The standard InChI is InChI=1S/C28H38ClN5O4S2.2C2H6/c1-6-21(28(35)34(23-10-8-9-11-23)22(7-2)18-31-32-19(3)4)16-20-12-13-24(27(38-5)30-17-20)33-40(36,37)26-15-14-25(29)39-26;2*1-2/h6,12,14-15,17-18,21,23,31-33H,1,3,7-11,13,16H2,2,4-5H3;2*1-2H3/b22-18+;;. The van der Waals surface area contributed by atoms with E-state index < -0.39 is 15.9 Å². The zero-order valence-corrected chi connectivity index (χ0v) is 29.6. The van der Waals surface area contributed by atoms with E-state index in [-0.39, 0.29) is 28.5 Å². The van der Waals surface area contributed by atoms with Crippen molar-refractivity contribution in [1.82, 2.24) is 20.5 Å². The first kappa shape index (κ1) is 39.0. The van der Waals surface area contributed by atoms with Crippen molar-refractivity contribution in [2.24, 2.45) is 10.9 Å². The lowest BCUT2D eigenvalue weighted by Crippen LogP contribution is -2.42. The van der Waals surface area contributed by atoms with Crippen LogP contribution in [0.15, 0.2) is 81.4 Å². The number of sulfonamides is 1. The predicted octanol–water partition coefficient (Wildman–Crippen LogP) is 7.79. The first-order valence-electron chi connectivity index (χ1n) is 15.2. The van der Waals surface area contributed by atoms with Gasteiger partial charge in [0.25, 0.3) is 10.0 Å². The van der Waals surface area contributed by atoms with Crippen LogP contribution < -0.4 is 15.6 Å². The average molecular weight is 668 g/mol. The molecule has 1 amide bonds. The Morgan fingerprint density at radius 1 is 1.25 bits per heavy atom. The summed E-state index contributed by atoms with van der Waals surface area (Å²) in [7, 11) is -2.43. The van der Waals surface area contributed by atoms with Crippen LogP contribution in [0.1, 0.15) is 86.5 Å². The lowest BCUT2D eigenvalue weighted by molar-refractivity contribution is -0.134. The van der Waals surface area contributed by atoms with Gasteiger partial charge >= 0.3 is 0 Å². The van der Waals surface area contributed by atoms with E-state index in [4.69, 9.17) is 16.3 Å². The molecule has 1 unspecified atom stereocenters. The van der Waals surface area contributed by atoms with Crippen LogP contribution in [0, 0.1) is 5.92 Å². The summed E-state index contributed by atoms with van der Waals surface area (Å²) in [5, 5.41) is 0. The minimum atomic E-state index is -3.86. The van der Waals surface area contributed by atoms with E-state index in [1.807, 2.05) is 58.7 Å². The third-order valence-corrected chi connectivity index (χ3v) is 9.73. The Kier molecular flexibility index (Phi) is 17.8. The summed E-state index contributed by atoms with van der Waals surface area (Å²) in [6.45, 7) is 19.7. The smallest absolute Gasteiger partial charge is 0.271 e. The molecule has 0 bridgehead atoms. The maximum absolute atomic E-state index is 14.0. The number of methoxy groups -OCH3 is 1. The third-order valence-electron chi connectivity index (χ3n) is 6.62. The van der Waals surface area contributed by atoms with Crippen LogP contribution in [0.2, 0.25) is 4.34 Å². The first-order valence-corrected chi connectivity index (χ1v) is 17.9. The van der Waals surface area contributed by atoms with Gasteiger partial charge in [0, 0.05) is 36.3 Å². The molecule has 2 heterocycles. The van der Waals surface area contributed by atoms with Crippen molar-refractivity contribution >= 4 is 45.1 Å². The number of rotatable bonds is 14. The highest BCUT2D eigenvalue weighted by Gasteiger charge is 2.32. The summed E-state index contributed by atoms with van der Waals surface area (Å²) in [6, 6.07) is 3.10. The average Bonchev–Trinajstić information content (AvgIpc) is 3.68. The molecule has 2 aliphatic rings. The van der Waals surface area contributed by atoms with Crippen molar-refractivity contribution in [2.45, 2.75) is 96.7 Å². The van der Waals surface area contributed by atoms with E-state index in [2.05, 4.69) is 33.7 Å². The molecule has 9 nitrogen and oxygen atoms in total. The molecule has 0 aromatic carbocycles. The molecule has 1 aliphatic carbocycles. The first-order chi connectivity index (χ1) is 21.1. The van der Waals surface area contributed by atoms with E-state index in [0.717, 1.165) is 54.0 Å². The highest BCUT2D eigenvalue weighted by molar-refractivity contribution is 7.91. The zero-order valence-electron chi connectivity index (χ0n) is 27.2. The molecule has 44 heavy (non-hydrogen) atoms. The molecular weight excluding hydrogens is 618 g/mol. The van der Waals surface area contributed by atoms with Crippen molar-refractivity contribution in [1.29, 1.82) is 0 Å². The Bertz CT molecular complexity index is 1330. The molecule has 0 spiro atoms. The van der Waals surface area contributed by atoms with Crippen LogP contribution in [-0.2, 0) is 19.6 Å². The van der Waals surface area contributed by atoms with Gasteiger partial charge in [0.1, 0.15) is 4.21 Å². The van der Waals surface area contributed by atoms with Crippen molar-refractivity contribution in [3.8, 4) is 0 Å². The molecular formula is C32H50ClN5O4S2. The summed E-state index contributed by atoms with van der Waals surface area (Å²) in [6.07, 6.45) is 12.3. The Morgan fingerprint density at radius 2 is 1.91 bits per heavy atom. The van der Waals surface area contributed by atoms with E-state index in [1.54, 1.807) is 12.3 Å². The van der Waals surface area contributed by atoms with Gasteiger partial charge in [-0.2, -0.15) is 0 Å². The maximum atomic E-state index is 14.0. The van der Waals surface area contributed by atoms with E-state index in [1.165, 1.54) is 19.2 Å². The van der Waals surface area contributed by atoms with Crippen molar-refractivity contribution < 1.29 is 17.9 Å². The molecule has 1 aromatic heterocycles. The molecule has 1 aromatic rings. The molecule has 12 heteroatoms. The Morgan fingerprint density at radius 3 is 2.43 bits per heavy atom. The van der Waals surface area contributed by atoms with Gasteiger partial charge < -0.3 is 20.5 Å². The van der Waals surface area contributed by atoms with Gasteiger partial charge in [-0.25, -0.2) is 13.4 Å². The second-order valence-corrected chi connectivity index (χ2v) is 13.2. The van der Waals surface area contributed by atoms with Crippen LogP contribution in [0.3, 0.4) is 0 Å². The minimum absolute atomic E-state index is 0.0268. The lowest BCUT2D eigenvalue weighted by atomic mass is 9.96. The Labute approximate surface area is 273 Å². The number of carbonyl (C=O) groups is 1. The number of hydrazine groups is 1. The van der Waals surface area contributed by atoms with Crippen LogP contribution in [0.25, 0.3) is 0 Å². The quantitative estimate of drug-likeness (QED) is 0.138. The molecule has 1 saturated carbocycles. The molecule has 0 saturated heterocycles. The second kappa shape index (κ2) is 20.1. The fourth-order valence-electron chi connectivity index (χ4n) is 4.65. The number of hydrogen-bond acceptors (Lipinski definition) is 8. The summed E-state index contributed by atoms with van der Waals surface area (Å²) >= 11 is 6.89. The zero-order chi connectivity index (χ0) is 33.3. The number of ether oxygens (including phenoxy) is 1. The molecule has 1 aliphatic heterocycles. The van der Waals surface area contributed by atoms with Gasteiger partial charge in [-0.3, -0.25) is 9.52 Å². The maximum Gasteiger partial charge on any atom is 0.271 e. The second-order valence-electron chi connectivity index (χ2n) is 9.62. The van der Waals surface area contributed by atoms with E-state index in [0.29, 0.717) is 22.9 Å². The number of nitrogens with one attached hydrogen (secondary N) is 3. The van der Waals surface area contributed by atoms with Crippen molar-refractivity contribution in [3.05, 3.63) is 76.5 Å². The summed E-state index contributed by atoms with van der Waals surface area (Å²) in [5.41, 5.74) is 8.73. The van der Waals surface area contributed by atoms with Crippen LogP contribution in [-0.4, -0.2) is 38.6 Å². The number of hydrogen-bond donors (Lipinski definition) is 3. The Balaban J connectivity index is 0.00000232. The highest BCUT2D eigenvalue weighted by Crippen LogP contribution is 2.31. The summed E-state index contributed by atoms with van der Waals surface area (Å²) in [4.78, 5) is 20.3. The SMILES string of the molecule is C=CC(CC1=CCC(NS(=O)(=O)c2ccc(Cl)s2)=C(OC)N=C1)C(=O)N(/C(=C/NNC(=C)C)CC)C1CCCC1.CC.CC. The van der Waals surface area contributed by atoms with Gasteiger partial charge in [-0.05, 0) is 50.3 Å². The van der Waals surface area contributed by atoms with E-state index >= 15 is 0 Å². The fraction of sp³-hybridized carbons (Fsp3) is 0.500. The Hall–Kier alpha value is -3.02. The number of allylic oxidation sites excluding steroid dienone is 4. The molecule has 246 valence electrons. The normalized spacial score (nSPS) is 15.8. The predicted molar refractivity (Wildman–Crippen MR) is 184 cm³/mol. The monoisotopic (exact) mass is 667 g/mol. The van der Waals surface area contributed by atoms with Gasteiger partial charge in [0.15, 0.2) is 0 Å². The van der Waals surface area contributed by atoms with Gasteiger partial charge in [-0.15, -0.1) is 17.9 Å². The van der Waals surface area contributed by atoms with E-state index in [9.17, 15) is 13.2 Å². The number of amides is 1. The molecule has 0 radical (unpaired) electrons. The lowest BCUT2D eigenvalue weighted by Gasteiger charge is -2.33. The number of nitrogens with zero attached hydrogens (tertiary/aromatic N) is 2. The molecule has 3 N–H and O–H groups in total. The van der Waals surface area contributed by atoms with Crippen LogP contribution in [0.5, 0.6) is 0 Å². The largest absolute Gasteiger partial charge is 0.480 e. The van der Waals surface area contributed by atoms with Crippen molar-refractivity contribution in [2.75, 3.05) is 7.11 Å². The summed E-state index contributed by atoms with van der Waals surface area (Å²) < 4.78 is 34.2. The topological polar surface area (TPSA) is 112 Å². The minimum Gasteiger partial charge on any atom is -0.480 e. The molecule has 1 atom stereocenters. The number of aliphatic imine (C=N–C) groups is 1. The highest BCUT2D eigenvalue weighted by atomic mass is 35.5. The summed E-state index contributed by atoms with van der Waals surface area (Å²) in [5.74, 6) is -0.375. The van der Waals surface area contributed by atoms with Gasteiger partial charge in [0.05, 0.1) is 23.1 Å². The number of halogens is 1. The number of carbonyl (C=O) groups excluding carboxylic acids is 1. The third kappa shape index (κ3) is 11.5. The van der Waals surface area contributed by atoms with Gasteiger partial charge in [-0.1, -0.05) is 77.8 Å². The fourth-order valence-corrected chi connectivity index (χ4v) is 7.24. The molecule has 3 rings (SSSR count).